The van der Waals surface area contributed by atoms with Gasteiger partial charge in [-0.25, -0.2) is 8.42 Å². The summed E-state index contributed by atoms with van der Waals surface area (Å²) >= 11 is 0. The highest BCUT2D eigenvalue weighted by molar-refractivity contribution is 7.89. The Labute approximate surface area is 126 Å². The third-order valence-electron chi connectivity index (χ3n) is 4.24. The lowest BCUT2D eigenvalue weighted by Gasteiger charge is -2.26. The number of aromatic amines is 1. The number of fused-ring (bicyclic) bond motifs is 3. The molecule has 4 nitrogen and oxygen atoms in total. The Balaban J connectivity index is 1.94. The zero-order valence-electron chi connectivity index (χ0n) is 12.6. The van der Waals surface area contributed by atoms with Gasteiger partial charge in [0.15, 0.2) is 0 Å². The molecule has 0 aliphatic carbocycles. The number of rotatable bonds is 4. The zero-order valence-corrected chi connectivity index (χ0v) is 13.5. The smallest absolute Gasteiger partial charge is 0.214 e. The highest BCUT2D eigenvalue weighted by Gasteiger charge is 2.28. The summed E-state index contributed by atoms with van der Waals surface area (Å²) < 4.78 is 26.4. The molecule has 2 heterocycles. The Kier molecular flexibility index (Phi) is 3.80. The van der Waals surface area contributed by atoms with E-state index >= 15 is 0 Å². The molecule has 0 atom stereocenters. The van der Waals surface area contributed by atoms with Crippen LogP contribution in [-0.2, 0) is 23.0 Å². The Morgan fingerprint density at radius 2 is 2.14 bits per heavy atom. The van der Waals surface area contributed by atoms with E-state index in [1.165, 1.54) is 16.6 Å². The summed E-state index contributed by atoms with van der Waals surface area (Å²) in [7, 11) is -3.13. The van der Waals surface area contributed by atoms with Crippen LogP contribution in [0, 0.1) is 6.92 Å². The standard InChI is InChI=1S/C16H22N2O2S/c1-3-4-9-21(19,20)18-8-7-16-14(11-18)13-10-12(2)5-6-15(13)17-16/h5-6,10,17H,3-4,7-9,11H2,1-2H3. The highest BCUT2D eigenvalue weighted by Crippen LogP contribution is 2.29. The third-order valence-corrected chi connectivity index (χ3v) is 6.15. The van der Waals surface area contributed by atoms with Gasteiger partial charge in [-0.3, -0.25) is 0 Å². The first-order valence-electron chi connectivity index (χ1n) is 7.59. The lowest BCUT2D eigenvalue weighted by molar-refractivity contribution is 0.390. The summed E-state index contributed by atoms with van der Waals surface area (Å²) in [6, 6.07) is 6.31. The lowest BCUT2D eigenvalue weighted by atomic mass is 10.0. The van der Waals surface area contributed by atoms with Gasteiger partial charge in [0.2, 0.25) is 10.0 Å². The summed E-state index contributed by atoms with van der Waals surface area (Å²) in [5.41, 5.74) is 4.66. The molecule has 1 N–H and O–H groups in total. The topological polar surface area (TPSA) is 53.2 Å². The molecule has 0 saturated heterocycles. The van der Waals surface area contributed by atoms with Gasteiger partial charge in [-0.1, -0.05) is 25.0 Å². The number of nitrogens with one attached hydrogen (secondary N) is 1. The molecule has 1 aliphatic rings. The van der Waals surface area contributed by atoms with Crippen molar-refractivity contribution in [3.05, 3.63) is 35.0 Å². The molecule has 0 saturated carbocycles. The monoisotopic (exact) mass is 306 g/mol. The molecular formula is C16H22N2O2S. The fourth-order valence-corrected chi connectivity index (χ4v) is 4.60. The van der Waals surface area contributed by atoms with Gasteiger partial charge in [-0.2, -0.15) is 4.31 Å². The average Bonchev–Trinajstić information content (AvgIpc) is 2.82. The first kappa shape index (κ1) is 14.6. The second-order valence-electron chi connectivity index (χ2n) is 5.88. The molecule has 0 amide bonds. The van der Waals surface area contributed by atoms with Gasteiger partial charge in [0, 0.05) is 36.1 Å². The summed E-state index contributed by atoms with van der Waals surface area (Å²) in [5.74, 6) is 0.264. The van der Waals surface area contributed by atoms with E-state index in [-0.39, 0.29) is 5.75 Å². The quantitative estimate of drug-likeness (QED) is 0.944. The van der Waals surface area contributed by atoms with Gasteiger partial charge in [-0.05, 0) is 31.0 Å². The van der Waals surface area contributed by atoms with Gasteiger partial charge in [0.05, 0.1) is 5.75 Å². The first-order chi connectivity index (χ1) is 10.0. The minimum Gasteiger partial charge on any atom is -0.358 e. The average molecular weight is 306 g/mol. The van der Waals surface area contributed by atoms with Crippen LogP contribution in [0.1, 0.15) is 36.6 Å². The first-order valence-corrected chi connectivity index (χ1v) is 9.20. The van der Waals surface area contributed by atoms with E-state index in [9.17, 15) is 8.42 Å². The van der Waals surface area contributed by atoms with E-state index < -0.39 is 10.0 Å². The number of nitrogens with zero attached hydrogens (tertiary/aromatic N) is 1. The van der Waals surface area contributed by atoms with Gasteiger partial charge in [0.25, 0.3) is 0 Å². The molecule has 0 spiro atoms. The molecule has 1 aromatic carbocycles. The van der Waals surface area contributed by atoms with Crippen LogP contribution in [0.4, 0.5) is 0 Å². The van der Waals surface area contributed by atoms with Crippen LogP contribution in [0.25, 0.3) is 10.9 Å². The number of benzene rings is 1. The maximum absolute atomic E-state index is 12.4. The van der Waals surface area contributed by atoms with Crippen molar-refractivity contribution in [2.45, 2.75) is 39.7 Å². The van der Waals surface area contributed by atoms with Gasteiger partial charge in [-0.15, -0.1) is 0 Å². The van der Waals surface area contributed by atoms with Crippen LogP contribution in [-0.4, -0.2) is 30.0 Å². The highest BCUT2D eigenvalue weighted by atomic mass is 32.2. The third kappa shape index (κ3) is 2.72. The molecule has 3 rings (SSSR count). The van der Waals surface area contributed by atoms with Crippen molar-refractivity contribution in [3.8, 4) is 0 Å². The van der Waals surface area contributed by atoms with Crippen LogP contribution in [0.15, 0.2) is 18.2 Å². The Morgan fingerprint density at radius 1 is 1.33 bits per heavy atom. The number of aromatic nitrogens is 1. The summed E-state index contributed by atoms with van der Waals surface area (Å²) in [5, 5.41) is 1.17. The molecule has 0 unspecified atom stereocenters. The maximum atomic E-state index is 12.4. The number of aryl methyl sites for hydroxylation is 1. The van der Waals surface area contributed by atoms with Crippen molar-refractivity contribution in [1.29, 1.82) is 0 Å². The molecular weight excluding hydrogens is 284 g/mol. The fourth-order valence-electron chi connectivity index (χ4n) is 3.00. The van der Waals surface area contributed by atoms with Crippen molar-refractivity contribution in [2.75, 3.05) is 12.3 Å². The van der Waals surface area contributed by atoms with Crippen LogP contribution >= 0.6 is 0 Å². The Hall–Kier alpha value is -1.33. The predicted molar refractivity (Wildman–Crippen MR) is 85.8 cm³/mol. The molecule has 1 aliphatic heterocycles. The Morgan fingerprint density at radius 3 is 2.90 bits per heavy atom. The van der Waals surface area contributed by atoms with Crippen LogP contribution < -0.4 is 0 Å². The molecule has 21 heavy (non-hydrogen) atoms. The van der Waals surface area contributed by atoms with Gasteiger partial charge in [0.1, 0.15) is 0 Å². The molecule has 114 valence electrons. The Bertz CT molecular complexity index is 762. The molecule has 2 aromatic rings. The largest absolute Gasteiger partial charge is 0.358 e. The van der Waals surface area contributed by atoms with Crippen molar-refractivity contribution in [2.24, 2.45) is 0 Å². The van der Waals surface area contributed by atoms with Crippen LogP contribution in [0.5, 0.6) is 0 Å². The van der Waals surface area contributed by atoms with Crippen LogP contribution in [0.2, 0.25) is 0 Å². The van der Waals surface area contributed by atoms with Gasteiger partial charge < -0.3 is 4.98 Å². The van der Waals surface area contributed by atoms with E-state index in [1.807, 2.05) is 6.92 Å². The number of hydrogen-bond donors (Lipinski definition) is 1. The number of unbranched alkanes of at least 4 members (excludes halogenated alkanes) is 1. The van der Waals surface area contributed by atoms with E-state index in [0.717, 1.165) is 30.3 Å². The van der Waals surface area contributed by atoms with Crippen molar-refractivity contribution < 1.29 is 8.42 Å². The SMILES string of the molecule is CCCCS(=O)(=O)N1CCc2[nH]c3ccc(C)cc3c2C1. The number of hydrogen-bond acceptors (Lipinski definition) is 2. The normalized spacial score (nSPS) is 16.3. The molecule has 0 bridgehead atoms. The van der Waals surface area contributed by atoms with Crippen LogP contribution in [0.3, 0.4) is 0 Å². The second-order valence-corrected chi connectivity index (χ2v) is 7.97. The molecule has 0 fully saturated rings. The van der Waals surface area contributed by atoms with E-state index in [2.05, 4.69) is 30.1 Å². The fraction of sp³-hybridized carbons (Fsp3) is 0.500. The van der Waals surface area contributed by atoms with Gasteiger partial charge >= 0.3 is 0 Å². The number of sulfonamides is 1. The van der Waals surface area contributed by atoms with E-state index in [4.69, 9.17) is 0 Å². The zero-order chi connectivity index (χ0) is 15.0. The predicted octanol–water partition coefficient (Wildman–Crippen LogP) is 2.96. The minimum absolute atomic E-state index is 0.264. The van der Waals surface area contributed by atoms with Crippen molar-refractivity contribution in [1.82, 2.24) is 9.29 Å². The van der Waals surface area contributed by atoms with Crippen molar-refractivity contribution in [3.63, 3.8) is 0 Å². The summed E-state index contributed by atoms with van der Waals surface area (Å²) in [6.07, 6.45) is 2.41. The summed E-state index contributed by atoms with van der Waals surface area (Å²) in [4.78, 5) is 3.44. The van der Waals surface area contributed by atoms with E-state index in [1.54, 1.807) is 4.31 Å². The number of H-pyrrole nitrogens is 1. The molecule has 0 radical (unpaired) electrons. The van der Waals surface area contributed by atoms with E-state index in [0.29, 0.717) is 13.1 Å². The minimum atomic E-state index is -3.13. The maximum Gasteiger partial charge on any atom is 0.214 e. The lowest BCUT2D eigenvalue weighted by Crippen LogP contribution is -2.37. The molecule has 5 heteroatoms. The summed E-state index contributed by atoms with van der Waals surface area (Å²) in [6.45, 7) is 5.18. The van der Waals surface area contributed by atoms with Crippen molar-refractivity contribution >= 4 is 20.9 Å². The second kappa shape index (κ2) is 5.46. The molecule has 1 aromatic heterocycles.